The van der Waals surface area contributed by atoms with Crippen molar-refractivity contribution in [1.82, 2.24) is 9.55 Å². The summed E-state index contributed by atoms with van der Waals surface area (Å²) in [6.45, 7) is 0.745. The number of para-hydroxylation sites is 2. The number of nitrogens with two attached hydrogens (primary N) is 1. The Morgan fingerprint density at radius 1 is 1.05 bits per heavy atom. The van der Waals surface area contributed by atoms with Crippen LogP contribution in [0.5, 0.6) is 0 Å². The van der Waals surface area contributed by atoms with Crippen LogP contribution in [-0.2, 0) is 17.8 Å². The number of primary amides is 1. The van der Waals surface area contributed by atoms with E-state index >= 15 is 0 Å². The van der Waals surface area contributed by atoms with Crippen molar-refractivity contribution in [3.63, 3.8) is 0 Å². The highest BCUT2D eigenvalue weighted by atomic mass is 16.1. The highest BCUT2D eigenvalue weighted by Gasteiger charge is 2.11. The van der Waals surface area contributed by atoms with Crippen LogP contribution >= 0.6 is 0 Å². The lowest BCUT2D eigenvalue weighted by Crippen LogP contribution is -2.13. The number of benzene rings is 2. The molecule has 4 nitrogen and oxygen atoms in total. The van der Waals surface area contributed by atoms with Gasteiger partial charge in [-0.1, -0.05) is 42.5 Å². The second kappa shape index (κ2) is 5.79. The first-order valence-electron chi connectivity index (χ1n) is 7.00. The lowest BCUT2D eigenvalue weighted by molar-refractivity contribution is -0.118. The molecule has 3 rings (SSSR count). The van der Waals surface area contributed by atoms with Crippen molar-refractivity contribution >= 4 is 16.9 Å². The van der Waals surface area contributed by atoms with Crippen LogP contribution < -0.4 is 5.73 Å². The van der Waals surface area contributed by atoms with E-state index in [1.807, 2.05) is 36.4 Å². The van der Waals surface area contributed by atoms with Gasteiger partial charge in [-0.3, -0.25) is 4.79 Å². The Morgan fingerprint density at radius 3 is 2.52 bits per heavy atom. The van der Waals surface area contributed by atoms with Gasteiger partial charge in [-0.25, -0.2) is 4.98 Å². The number of carbonyl (C=O) groups is 1. The fourth-order valence-electron chi connectivity index (χ4n) is 2.49. The van der Waals surface area contributed by atoms with E-state index in [-0.39, 0.29) is 5.91 Å². The van der Waals surface area contributed by atoms with E-state index in [0.29, 0.717) is 12.8 Å². The van der Waals surface area contributed by atoms with E-state index in [2.05, 4.69) is 27.8 Å². The van der Waals surface area contributed by atoms with Crippen molar-refractivity contribution in [2.45, 2.75) is 19.4 Å². The second-order valence-electron chi connectivity index (χ2n) is 5.05. The summed E-state index contributed by atoms with van der Waals surface area (Å²) in [6, 6.07) is 18.3. The molecule has 0 saturated carbocycles. The second-order valence-corrected chi connectivity index (χ2v) is 5.05. The van der Waals surface area contributed by atoms with Gasteiger partial charge < -0.3 is 10.3 Å². The Kier molecular flexibility index (Phi) is 3.69. The van der Waals surface area contributed by atoms with Crippen LogP contribution in [0.4, 0.5) is 0 Å². The van der Waals surface area contributed by atoms with Crippen molar-refractivity contribution in [1.29, 1.82) is 0 Å². The molecule has 106 valence electrons. The Hall–Kier alpha value is -2.62. The molecule has 0 spiro atoms. The van der Waals surface area contributed by atoms with Crippen molar-refractivity contribution in [3.05, 3.63) is 66.0 Å². The van der Waals surface area contributed by atoms with Gasteiger partial charge in [-0.15, -0.1) is 0 Å². The first-order valence-corrected chi connectivity index (χ1v) is 7.00. The van der Waals surface area contributed by atoms with Gasteiger partial charge in [0.15, 0.2) is 0 Å². The van der Waals surface area contributed by atoms with Gasteiger partial charge in [0.05, 0.1) is 11.0 Å². The molecule has 2 N–H and O–H groups in total. The summed E-state index contributed by atoms with van der Waals surface area (Å²) < 4.78 is 2.16. The normalized spacial score (nSPS) is 10.9. The van der Waals surface area contributed by atoms with Crippen LogP contribution in [0.2, 0.25) is 0 Å². The Bertz CT molecular complexity index is 762. The molecule has 0 unspecified atom stereocenters. The standard InChI is InChI=1S/C17H17N3O/c18-16(21)10-11-17-19-14-8-4-5-9-15(14)20(17)12-13-6-2-1-3-7-13/h1-9H,10-12H2,(H2,18,21). The average molecular weight is 279 g/mol. The summed E-state index contributed by atoms with van der Waals surface area (Å²) in [5.41, 5.74) is 8.51. The molecule has 1 heterocycles. The van der Waals surface area contributed by atoms with E-state index in [0.717, 1.165) is 23.4 Å². The first kappa shape index (κ1) is 13.4. The van der Waals surface area contributed by atoms with Crippen LogP contribution in [0.15, 0.2) is 54.6 Å². The average Bonchev–Trinajstić information content (AvgIpc) is 2.84. The number of nitrogens with zero attached hydrogens (tertiary/aromatic N) is 2. The van der Waals surface area contributed by atoms with Gasteiger partial charge in [-0.05, 0) is 17.7 Å². The smallest absolute Gasteiger partial charge is 0.217 e. The number of aromatic nitrogens is 2. The summed E-state index contributed by atoms with van der Waals surface area (Å²) >= 11 is 0. The van der Waals surface area contributed by atoms with Gasteiger partial charge in [0, 0.05) is 19.4 Å². The van der Waals surface area contributed by atoms with Crippen molar-refractivity contribution in [2.24, 2.45) is 5.73 Å². The molecule has 1 aromatic heterocycles. The summed E-state index contributed by atoms with van der Waals surface area (Å²) in [7, 11) is 0. The molecular formula is C17H17N3O. The largest absolute Gasteiger partial charge is 0.370 e. The predicted octanol–water partition coefficient (Wildman–Crippen LogP) is 2.50. The number of amides is 1. The van der Waals surface area contributed by atoms with Crippen LogP contribution in [-0.4, -0.2) is 15.5 Å². The molecule has 3 aromatic rings. The lowest BCUT2D eigenvalue weighted by atomic mass is 10.2. The lowest BCUT2D eigenvalue weighted by Gasteiger charge is -2.09. The Morgan fingerprint density at radius 2 is 1.76 bits per heavy atom. The van der Waals surface area contributed by atoms with Gasteiger partial charge in [-0.2, -0.15) is 0 Å². The molecule has 0 bridgehead atoms. The van der Waals surface area contributed by atoms with Gasteiger partial charge in [0.2, 0.25) is 5.91 Å². The van der Waals surface area contributed by atoms with Crippen LogP contribution in [0.3, 0.4) is 0 Å². The summed E-state index contributed by atoms with van der Waals surface area (Å²) in [4.78, 5) is 15.7. The molecule has 0 fully saturated rings. The van der Waals surface area contributed by atoms with Gasteiger partial charge in [0.1, 0.15) is 5.82 Å². The van der Waals surface area contributed by atoms with Crippen molar-refractivity contribution in [2.75, 3.05) is 0 Å². The van der Waals surface area contributed by atoms with E-state index in [9.17, 15) is 4.79 Å². The van der Waals surface area contributed by atoms with Crippen LogP contribution in [0, 0.1) is 0 Å². The Balaban J connectivity index is 2.00. The topological polar surface area (TPSA) is 60.9 Å². The number of rotatable bonds is 5. The van der Waals surface area contributed by atoms with E-state index < -0.39 is 0 Å². The quantitative estimate of drug-likeness (QED) is 0.780. The maximum atomic E-state index is 11.0. The third kappa shape index (κ3) is 2.94. The molecule has 21 heavy (non-hydrogen) atoms. The number of fused-ring (bicyclic) bond motifs is 1. The van der Waals surface area contributed by atoms with Crippen LogP contribution in [0.25, 0.3) is 11.0 Å². The van der Waals surface area contributed by atoms with Gasteiger partial charge >= 0.3 is 0 Å². The zero-order valence-corrected chi connectivity index (χ0v) is 11.7. The fourth-order valence-corrected chi connectivity index (χ4v) is 2.49. The molecule has 0 radical (unpaired) electrons. The molecule has 0 aliphatic carbocycles. The van der Waals surface area contributed by atoms with E-state index in [1.165, 1.54) is 5.56 Å². The molecule has 0 saturated heterocycles. The summed E-state index contributed by atoms with van der Waals surface area (Å²) in [5.74, 6) is 0.604. The van der Waals surface area contributed by atoms with Crippen molar-refractivity contribution in [3.8, 4) is 0 Å². The number of aryl methyl sites for hydroxylation is 1. The third-order valence-corrected chi connectivity index (χ3v) is 3.51. The molecule has 4 heteroatoms. The minimum atomic E-state index is -0.298. The molecule has 1 amide bonds. The zero-order valence-electron chi connectivity index (χ0n) is 11.7. The fraction of sp³-hybridized carbons (Fsp3) is 0.176. The first-order chi connectivity index (χ1) is 10.2. The molecule has 0 atom stereocenters. The van der Waals surface area contributed by atoms with E-state index in [4.69, 9.17) is 5.73 Å². The predicted molar refractivity (Wildman–Crippen MR) is 82.8 cm³/mol. The molecule has 2 aromatic carbocycles. The van der Waals surface area contributed by atoms with Crippen molar-refractivity contribution < 1.29 is 4.79 Å². The summed E-state index contributed by atoms with van der Waals surface area (Å²) in [5, 5.41) is 0. The van der Waals surface area contributed by atoms with E-state index in [1.54, 1.807) is 0 Å². The summed E-state index contributed by atoms with van der Waals surface area (Å²) in [6.07, 6.45) is 0.884. The SMILES string of the molecule is NC(=O)CCc1nc2ccccc2n1Cc1ccccc1. The maximum absolute atomic E-state index is 11.0. The number of imidazole rings is 1. The highest BCUT2D eigenvalue weighted by molar-refractivity contribution is 5.77. The highest BCUT2D eigenvalue weighted by Crippen LogP contribution is 2.19. The zero-order chi connectivity index (χ0) is 14.7. The molecule has 0 aliphatic heterocycles. The minimum absolute atomic E-state index is 0.298. The monoisotopic (exact) mass is 279 g/mol. The van der Waals surface area contributed by atoms with Gasteiger partial charge in [0.25, 0.3) is 0 Å². The molecular weight excluding hydrogens is 262 g/mol. The van der Waals surface area contributed by atoms with Crippen LogP contribution in [0.1, 0.15) is 17.8 Å². The number of hydrogen-bond acceptors (Lipinski definition) is 2. The third-order valence-electron chi connectivity index (χ3n) is 3.51. The Labute approximate surface area is 123 Å². The maximum Gasteiger partial charge on any atom is 0.217 e. The molecule has 0 aliphatic rings. The minimum Gasteiger partial charge on any atom is -0.370 e. The number of carbonyl (C=O) groups excluding carboxylic acids is 1. The number of hydrogen-bond donors (Lipinski definition) is 1.